The van der Waals surface area contributed by atoms with E-state index in [9.17, 15) is 4.79 Å². The van der Waals surface area contributed by atoms with Gasteiger partial charge in [0.1, 0.15) is 6.33 Å². The zero-order valence-electron chi connectivity index (χ0n) is 14.1. The van der Waals surface area contributed by atoms with Crippen molar-refractivity contribution in [2.75, 3.05) is 6.61 Å². The van der Waals surface area contributed by atoms with Crippen LogP contribution in [0.25, 0.3) is 5.69 Å². The van der Waals surface area contributed by atoms with Crippen LogP contribution in [0, 0.1) is 5.92 Å². The Kier molecular flexibility index (Phi) is 4.55. The molecule has 0 radical (unpaired) electrons. The van der Waals surface area contributed by atoms with Gasteiger partial charge in [0, 0.05) is 18.8 Å². The van der Waals surface area contributed by atoms with Crippen LogP contribution in [0.4, 0.5) is 0 Å². The van der Waals surface area contributed by atoms with E-state index in [1.54, 1.807) is 24.4 Å². The van der Waals surface area contributed by atoms with Gasteiger partial charge in [-0.2, -0.15) is 4.68 Å². The molecule has 2 heterocycles. The summed E-state index contributed by atoms with van der Waals surface area (Å²) >= 11 is 0. The highest BCUT2D eigenvalue weighted by molar-refractivity contribution is 5.97. The average Bonchev–Trinajstić information content (AvgIpc) is 3.36. The molecule has 8 heteroatoms. The first-order valence-corrected chi connectivity index (χ1v) is 8.48. The molecule has 4 rings (SSSR count). The van der Waals surface area contributed by atoms with Crippen LogP contribution in [0.15, 0.2) is 48.9 Å². The predicted octanol–water partition coefficient (Wildman–Crippen LogP) is 1.78. The average molecular weight is 350 g/mol. The second-order valence-corrected chi connectivity index (χ2v) is 6.21. The van der Waals surface area contributed by atoms with E-state index >= 15 is 0 Å². The van der Waals surface area contributed by atoms with Gasteiger partial charge in [0.25, 0.3) is 5.91 Å². The number of aromatic nitrogens is 5. The number of nitrogens with one attached hydrogen (secondary N) is 1. The number of tetrazole rings is 1. The Hall–Kier alpha value is -3.29. The van der Waals surface area contributed by atoms with Crippen LogP contribution >= 0.6 is 0 Å². The van der Waals surface area contributed by atoms with Crippen molar-refractivity contribution in [2.45, 2.75) is 19.4 Å². The predicted molar refractivity (Wildman–Crippen MR) is 92.8 cm³/mol. The molecule has 26 heavy (non-hydrogen) atoms. The van der Waals surface area contributed by atoms with Gasteiger partial charge in [-0.25, -0.2) is 4.98 Å². The molecule has 0 aliphatic heterocycles. The van der Waals surface area contributed by atoms with Crippen molar-refractivity contribution < 1.29 is 9.53 Å². The number of carbonyl (C=O) groups is 1. The lowest BCUT2D eigenvalue weighted by molar-refractivity contribution is 0.0950. The lowest BCUT2D eigenvalue weighted by Gasteiger charge is -2.10. The number of rotatable bonds is 7. The fourth-order valence-electron chi connectivity index (χ4n) is 2.50. The number of carbonyl (C=O) groups excluding carboxylic acids is 1. The molecule has 2 aromatic heterocycles. The lowest BCUT2D eigenvalue weighted by Crippen LogP contribution is -2.24. The smallest absolute Gasteiger partial charge is 0.253 e. The van der Waals surface area contributed by atoms with Crippen molar-refractivity contribution in [3.8, 4) is 11.6 Å². The molecule has 1 aliphatic rings. The Morgan fingerprint density at radius 3 is 2.85 bits per heavy atom. The molecule has 1 aromatic carbocycles. The third-order valence-electron chi connectivity index (χ3n) is 4.16. The molecule has 1 fully saturated rings. The fraction of sp³-hybridized carbons (Fsp3) is 0.278. The van der Waals surface area contributed by atoms with Crippen LogP contribution < -0.4 is 10.1 Å². The van der Waals surface area contributed by atoms with Crippen LogP contribution in [-0.4, -0.2) is 37.7 Å². The number of benzene rings is 1. The summed E-state index contributed by atoms with van der Waals surface area (Å²) in [4.78, 5) is 16.8. The molecule has 1 N–H and O–H groups in total. The summed E-state index contributed by atoms with van der Waals surface area (Å²) in [5.74, 6) is 1.11. The third kappa shape index (κ3) is 3.85. The van der Waals surface area contributed by atoms with E-state index in [-0.39, 0.29) is 5.91 Å². The molecule has 1 saturated carbocycles. The third-order valence-corrected chi connectivity index (χ3v) is 4.16. The van der Waals surface area contributed by atoms with E-state index in [0.29, 0.717) is 29.6 Å². The van der Waals surface area contributed by atoms with Gasteiger partial charge in [-0.15, -0.1) is 5.10 Å². The number of amides is 1. The maximum atomic E-state index is 12.5. The van der Waals surface area contributed by atoms with E-state index in [0.717, 1.165) is 12.2 Å². The van der Waals surface area contributed by atoms with Gasteiger partial charge in [0.05, 0.1) is 17.9 Å². The molecule has 1 amide bonds. The summed E-state index contributed by atoms with van der Waals surface area (Å²) in [6, 6.07) is 10.9. The number of hydrogen-bond donors (Lipinski definition) is 1. The Labute approximate surface area is 150 Å². The van der Waals surface area contributed by atoms with E-state index in [1.807, 2.05) is 18.2 Å². The van der Waals surface area contributed by atoms with E-state index < -0.39 is 0 Å². The molecule has 0 atom stereocenters. The SMILES string of the molecule is O=C(NCc1ccc(OCC2CC2)nc1)c1ccccc1-n1cnnn1. The number of ether oxygens (including phenoxy) is 1. The zero-order valence-corrected chi connectivity index (χ0v) is 14.1. The van der Waals surface area contributed by atoms with E-state index in [4.69, 9.17) is 4.74 Å². The molecule has 132 valence electrons. The van der Waals surface area contributed by atoms with Gasteiger partial charge in [0.2, 0.25) is 5.88 Å². The molecule has 0 bridgehead atoms. The minimum Gasteiger partial charge on any atom is -0.477 e. The normalized spacial score (nSPS) is 13.4. The minimum absolute atomic E-state index is 0.204. The molecule has 0 saturated heterocycles. The van der Waals surface area contributed by atoms with Gasteiger partial charge in [0.15, 0.2) is 0 Å². The molecule has 3 aromatic rings. The van der Waals surface area contributed by atoms with Crippen molar-refractivity contribution >= 4 is 5.91 Å². The van der Waals surface area contributed by atoms with Gasteiger partial charge < -0.3 is 10.1 Å². The number of hydrogen-bond acceptors (Lipinski definition) is 6. The van der Waals surface area contributed by atoms with Gasteiger partial charge in [-0.1, -0.05) is 18.2 Å². The van der Waals surface area contributed by atoms with Crippen LogP contribution in [-0.2, 0) is 6.54 Å². The topological polar surface area (TPSA) is 94.8 Å². The highest BCUT2D eigenvalue weighted by atomic mass is 16.5. The van der Waals surface area contributed by atoms with Gasteiger partial charge >= 0.3 is 0 Å². The maximum absolute atomic E-state index is 12.5. The summed E-state index contributed by atoms with van der Waals surface area (Å²) in [5.41, 5.74) is 2.02. The highest BCUT2D eigenvalue weighted by Gasteiger charge is 2.22. The van der Waals surface area contributed by atoms with Crippen molar-refractivity contribution in [1.82, 2.24) is 30.5 Å². The van der Waals surface area contributed by atoms with Crippen LogP contribution in [0.2, 0.25) is 0 Å². The Morgan fingerprint density at radius 1 is 1.23 bits per heavy atom. The molecule has 8 nitrogen and oxygen atoms in total. The first-order valence-electron chi connectivity index (χ1n) is 8.48. The molecule has 0 unspecified atom stereocenters. The van der Waals surface area contributed by atoms with Crippen molar-refractivity contribution in [3.63, 3.8) is 0 Å². The van der Waals surface area contributed by atoms with E-state index in [2.05, 4.69) is 25.8 Å². The summed E-state index contributed by atoms with van der Waals surface area (Å²) in [6.45, 7) is 1.11. The number of pyridine rings is 1. The van der Waals surface area contributed by atoms with Gasteiger partial charge in [-0.05, 0) is 46.9 Å². The first kappa shape index (κ1) is 16.2. The minimum atomic E-state index is -0.204. The van der Waals surface area contributed by atoms with E-state index in [1.165, 1.54) is 23.9 Å². The van der Waals surface area contributed by atoms with Crippen molar-refractivity contribution in [1.29, 1.82) is 0 Å². The first-order chi connectivity index (χ1) is 12.8. The van der Waals surface area contributed by atoms with Crippen LogP contribution in [0.1, 0.15) is 28.8 Å². The summed E-state index contributed by atoms with van der Waals surface area (Å²) in [7, 11) is 0. The maximum Gasteiger partial charge on any atom is 0.253 e. The quantitative estimate of drug-likeness (QED) is 0.698. The Bertz CT molecular complexity index is 875. The largest absolute Gasteiger partial charge is 0.477 e. The summed E-state index contributed by atoms with van der Waals surface area (Å²) < 4.78 is 7.08. The van der Waals surface area contributed by atoms with Crippen LogP contribution in [0.5, 0.6) is 5.88 Å². The Balaban J connectivity index is 1.38. The molecular weight excluding hydrogens is 332 g/mol. The zero-order chi connectivity index (χ0) is 17.8. The second-order valence-electron chi connectivity index (χ2n) is 6.21. The highest BCUT2D eigenvalue weighted by Crippen LogP contribution is 2.29. The monoisotopic (exact) mass is 350 g/mol. The van der Waals surface area contributed by atoms with Crippen molar-refractivity contribution in [2.24, 2.45) is 5.92 Å². The van der Waals surface area contributed by atoms with Crippen LogP contribution in [0.3, 0.4) is 0 Å². The number of para-hydroxylation sites is 1. The van der Waals surface area contributed by atoms with Crippen molar-refractivity contribution in [3.05, 3.63) is 60.0 Å². The second kappa shape index (κ2) is 7.30. The Morgan fingerprint density at radius 2 is 2.12 bits per heavy atom. The standard InChI is InChI=1S/C18H18N6O2/c25-18(15-3-1-2-4-16(15)24-12-21-22-23-24)20-10-14-7-8-17(19-9-14)26-11-13-5-6-13/h1-4,7-9,12-13H,5-6,10-11H2,(H,20,25). The van der Waals surface area contributed by atoms with Gasteiger partial charge in [-0.3, -0.25) is 4.79 Å². The summed E-state index contributed by atoms with van der Waals surface area (Å²) in [5, 5.41) is 14.0. The molecular formula is C18H18N6O2. The molecule has 0 spiro atoms. The lowest BCUT2D eigenvalue weighted by atomic mass is 10.1. The number of nitrogens with zero attached hydrogens (tertiary/aromatic N) is 5. The fourth-order valence-corrected chi connectivity index (χ4v) is 2.50. The summed E-state index contributed by atoms with van der Waals surface area (Å²) in [6.07, 6.45) is 5.67. The molecule has 1 aliphatic carbocycles.